The molecule has 0 saturated heterocycles. The molecule has 68 valence electrons. The van der Waals surface area contributed by atoms with Crippen molar-refractivity contribution in [2.75, 3.05) is 0 Å². The zero-order valence-corrected chi connectivity index (χ0v) is 9.38. The first-order valence-corrected chi connectivity index (χ1v) is 4.06. The Labute approximate surface area is 86.1 Å². The van der Waals surface area contributed by atoms with Crippen molar-refractivity contribution < 1.29 is 27.2 Å². The first-order valence-electron chi connectivity index (χ1n) is 4.06. The predicted octanol–water partition coefficient (Wildman–Crippen LogP) is 2.60. The molecule has 2 N–H and O–H groups in total. The van der Waals surface area contributed by atoms with E-state index in [0.29, 0.717) is 0 Å². The van der Waals surface area contributed by atoms with Gasteiger partial charge in [-0.2, -0.15) is 6.42 Å². The summed E-state index contributed by atoms with van der Waals surface area (Å²) in [5.74, 6) is 0.884. The molecule has 1 nitrogen and oxygen atoms in total. The van der Waals surface area contributed by atoms with Gasteiger partial charge in [-0.1, -0.05) is 39.5 Å². The van der Waals surface area contributed by atoms with Gasteiger partial charge in [-0.25, -0.2) is 0 Å². The molecule has 0 saturated carbocycles. The fourth-order valence-electron chi connectivity index (χ4n) is 0.906. The summed E-state index contributed by atoms with van der Waals surface area (Å²) in [7, 11) is 0. The van der Waals surface area contributed by atoms with E-state index in [9.17, 15) is 0 Å². The van der Waals surface area contributed by atoms with Crippen LogP contribution < -0.4 is 0 Å². The molecule has 0 atom stereocenters. The number of hydrogen-bond acceptors (Lipinski definition) is 0. The largest absolute Gasteiger partial charge is 0.412 e. The molecule has 0 radical (unpaired) electrons. The normalized spacial score (nSPS) is 8.73. The van der Waals surface area contributed by atoms with E-state index in [0.717, 1.165) is 12.3 Å². The van der Waals surface area contributed by atoms with Crippen molar-refractivity contribution in [2.24, 2.45) is 5.92 Å². The SMILES string of the molecule is O.[CH2-]CCCCCC(C)C.[Ti]. The molecule has 0 aromatic carbocycles. The molecule has 0 heterocycles. The second-order valence-corrected chi connectivity index (χ2v) is 3.10. The van der Waals surface area contributed by atoms with Crippen LogP contribution in [0.3, 0.4) is 0 Å². The summed E-state index contributed by atoms with van der Waals surface area (Å²) in [6.45, 7) is 8.37. The maximum Gasteiger partial charge on any atom is 0 e. The van der Waals surface area contributed by atoms with Gasteiger partial charge >= 0.3 is 0 Å². The van der Waals surface area contributed by atoms with Crippen LogP contribution >= 0.6 is 0 Å². The Morgan fingerprint density at radius 3 is 2.00 bits per heavy atom. The van der Waals surface area contributed by atoms with E-state index >= 15 is 0 Å². The smallest absolute Gasteiger partial charge is 0 e. The van der Waals surface area contributed by atoms with E-state index < -0.39 is 0 Å². The van der Waals surface area contributed by atoms with Crippen LogP contribution in [0.1, 0.15) is 46.0 Å². The molecular weight excluding hydrogens is 172 g/mol. The molecule has 0 aliphatic rings. The first-order chi connectivity index (χ1) is 4.27. The van der Waals surface area contributed by atoms with Gasteiger partial charge in [0.1, 0.15) is 0 Å². The summed E-state index contributed by atoms with van der Waals surface area (Å²) >= 11 is 0. The fourth-order valence-corrected chi connectivity index (χ4v) is 0.906. The van der Waals surface area contributed by atoms with Crippen LogP contribution in [0.15, 0.2) is 0 Å². The Morgan fingerprint density at radius 1 is 1.09 bits per heavy atom. The molecule has 0 bridgehead atoms. The van der Waals surface area contributed by atoms with E-state index in [1.165, 1.54) is 25.7 Å². The second-order valence-electron chi connectivity index (χ2n) is 3.10. The van der Waals surface area contributed by atoms with E-state index in [2.05, 4.69) is 20.8 Å². The average molecular weight is 193 g/mol. The molecule has 0 unspecified atom stereocenters. The number of hydrogen-bond donors (Lipinski definition) is 0. The molecule has 0 spiro atoms. The van der Waals surface area contributed by atoms with Crippen LogP contribution in [0.4, 0.5) is 0 Å². The van der Waals surface area contributed by atoms with E-state index in [1.54, 1.807) is 0 Å². The molecular formula is C9H21OTi-. The van der Waals surface area contributed by atoms with Crippen molar-refractivity contribution in [1.29, 1.82) is 0 Å². The van der Waals surface area contributed by atoms with Crippen LogP contribution in [0, 0.1) is 12.8 Å². The summed E-state index contributed by atoms with van der Waals surface area (Å²) in [6.07, 6.45) is 6.58. The summed E-state index contributed by atoms with van der Waals surface area (Å²) in [4.78, 5) is 0. The molecule has 11 heavy (non-hydrogen) atoms. The number of unbranched alkanes of at least 4 members (excludes halogenated alkanes) is 3. The summed E-state index contributed by atoms with van der Waals surface area (Å²) in [5.41, 5.74) is 0. The quantitative estimate of drug-likeness (QED) is 0.365. The van der Waals surface area contributed by atoms with E-state index in [1.807, 2.05) is 0 Å². The van der Waals surface area contributed by atoms with Crippen molar-refractivity contribution in [1.82, 2.24) is 0 Å². The van der Waals surface area contributed by atoms with Gasteiger partial charge in [-0.15, -0.1) is 0 Å². The van der Waals surface area contributed by atoms with Crippen molar-refractivity contribution in [3.05, 3.63) is 6.92 Å². The first kappa shape index (κ1) is 17.7. The zero-order valence-electron chi connectivity index (χ0n) is 7.82. The summed E-state index contributed by atoms with van der Waals surface area (Å²) in [6, 6.07) is 0. The maximum absolute atomic E-state index is 3.80. The van der Waals surface area contributed by atoms with Crippen LogP contribution in [-0.2, 0) is 21.7 Å². The van der Waals surface area contributed by atoms with Gasteiger partial charge in [-0.3, -0.25) is 0 Å². The van der Waals surface area contributed by atoms with Gasteiger partial charge in [0.05, 0.1) is 0 Å². The Morgan fingerprint density at radius 2 is 1.64 bits per heavy atom. The molecule has 0 aliphatic heterocycles. The monoisotopic (exact) mass is 193 g/mol. The minimum atomic E-state index is 0. The third-order valence-corrected chi connectivity index (χ3v) is 1.53. The molecule has 2 heteroatoms. The van der Waals surface area contributed by atoms with Gasteiger partial charge in [-0.05, 0) is 5.92 Å². The average Bonchev–Trinajstić information content (AvgIpc) is 1.80. The third kappa shape index (κ3) is 18.0. The summed E-state index contributed by atoms with van der Waals surface area (Å²) in [5, 5.41) is 0. The molecule has 0 aromatic heterocycles. The molecule has 0 aromatic rings. The third-order valence-electron chi connectivity index (χ3n) is 1.53. The van der Waals surface area contributed by atoms with E-state index in [-0.39, 0.29) is 27.2 Å². The standard InChI is InChI=1S/C9H19.H2O.Ti/c1-4-5-6-7-8-9(2)3;;/h9H,1,4-8H2,2-3H3;1H2;/q-1;;. The molecule has 0 amide bonds. The molecule has 0 rings (SSSR count). The van der Waals surface area contributed by atoms with Gasteiger partial charge in [0, 0.05) is 21.7 Å². The van der Waals surface area contributed by atoms with Crippen LogP contribution in [0.5, 0.6) is 0 Å². The number of rotatable bonds is 5. The van der Waals surface area contributed by atoms with Gasteiger partial charge in [0.25, 0.3) is 0 Å². The van der Waals surface area contributed by atoms with Crippen molar-refractivity contribution >= 4 is 0 Å². The summed E-state index contributed by atoms with van der Waals surface area (Å²) < 4.78 is 0. The maximum atomic E-state index is 3.80. The zero-order chi connectivity index (χ0) is 7.11. The Kier molecular flexibility index (Phi) is 21.3. The minimum Gasteiger partial charge on any atom is -0.412 e. The minimum absolute atomic E-state index is 0. The van der Waals surface area contributed by atoms with Crippen molar-refractivity contribution in [3.63, 3.8) is 0 Å². The molecule has 0 aliphatic carbocycles. The van der Waals surface area contributed by atoms with Crippen LogP contribution in [0.25, 0.3) is 0 Å². The fraction of sp³-hybridized carbons (Fsp3) is 0.889. The van der Waals surface area contributed by atoms with Crippen molar-refractivity contribution in [3.8, 4) is 0 Å². The van der Waals surface area contributed by atoms with Gasteiger partial charge in [0.15, 0.2) is 0 Å². The van der Waals surface area contributed by atoms with Crippen LogP contribution in [0.2, 0.25) is 0 Å². The van der Waals surface area contributed by atoms with Crippen molar-refractivity contribution in [2.45, 2.75) is 46.0 Å². The van der Waals surface area contributed by atoms with Gasteiger partial charge < -0.3 is 12.4 Å². The van der Waals surface area contributed by atoms with Gasteiger partial charge in [0.2, 0.25) is 0 Å². The Balaban J connectivity index is -0.000000320. The van der Waals surface area contributed by atoms with Crippen LogP contribution in [-0.4, -0.2) is 5.48 Å². The Bertz CT molecular complexity index is 55.5. The van der Waals surface area contributed by atoms with E-state index in [4.69, 9.17) is 0 Å². The Hall–Kier alpha value is 0.674. The second kappa shape index (κ2) is 13.3. The molecule has 0 fully saturated rings. The topological polar surface area (TPSA) is 31.5 Å². The predicted molar refractivity (Wildman–Crippen MR) is 46.9 cm³/mol.